The Morgan fingerprint density at radius 3 is 2.85 bits per heavy atom. The lowest BCUT2D eigenvalue weighted by Gasteiger charge is -2.32. The van der Waals surface area contributed by atoms with Crippen molar-refractivity contribution in [1.82, 2.24) is 4.90 Å². The molecule has 5 heteroatoms. The topological polar surface area (TPSA) is 41.6 Å². The van der Waals surface area contributed by atoms with Gasteiger partial charge in [0.25, 0.3) is 5.91 Å². The van der Waals surface area contributed by atoms with Crippen LogP contribution in [0.3, 0.4) is 0 Å². The normalized spacial score (nSPS) is 18.9. The third-order valence-electron chi connectivity index (χ3n) is 5.35. The van der Waals surface area contributed by atoms with Gasteiger partial charge in [0.2, 0.25) is 0 Å². The van der Waals surface area contributed by atoms with Crippen LogP contribution in [0, 0.1) is 0 Å². The van der Waals surface area contributed by atoms with E-state index in [1.807, 2.05) is 19.9 Å². The molecular formula is C22H25ClN2O2. The molecule has 0 aromatic heterocycles. The first kappa shape index (κ1) is 18.3. The highest BCUT2D eigenvalue weighted by molar-refractivity contribution is 6.32. The van der Waals surface area contributed by atoms with Crippen molar-refractivity contribution in [2.75, 3.05) is 18.4 Å². The molecule has 2 aliphatic rings. The van der Waals surface area contributed by atoms with Gasteiger partial charge in [0, 0.05) is 23.8 Å². The van der Waals surface area contributed by atoms with Gasteiger partial charge in [0.1, 0.15) is 5.75 Å². The van der Waals surface area contributed by atoms with Crippen molar-refractivity contribution in [3.05, 3.63) is 58.1 Å². The lowest BCUT2D eigenvalue weighted by molar-refractivity contribution is 0.102. The number of carbonyl (C=O) groups is 1. The van der Waals surface area contributed by atoms with E-state index < -0.39 is 0 Å². The van der Waals surface area contributed by atoms with Crippen molar-refractivity contribution >= 4 is 23.2 Å². The lowest BCUT2D eigenvalue weighted by atomic mass is 9.92. The van der Waals surface area contributed by atoms with E-state index in [9.17, 15) is 4.79 Å². The van der Waals surface area contributed by atoms with Crippen LogP contribution in [0.1, 0.15) is 54.2 Å². The van der Waals surface area contributed by atoms with Gasteiger partial charge in [-0.15, -0.1) is 0 Å². The maximum absolute atomic E-state index is 12.7. The fraction of sp³-hybridized carbons (Fsp3) is 0.409. The minimum absolute atomic E-state index is 0.0350. The summed E-state index contributed by atoms with van der Waals surface area (Å²) in [6.45, 7) is 6.22. The molecule has 1 N–H and O–H groups in total. The molecule has 0 saturated carbocycles. The number of hydrogen-bond acceptors (Lipinski definition) is 3. The standard InChI is InChI=1S/C22H25ClN2O2/c1-14(2)27-21-8-6-16(12-19(21)23)22(26)24-17-7-5-15-9-11-25-10-3-4-20(25)18(15)13-17/h5-8,12-14,20H,3-4,9-11H2,1-2H3,(H,24,26). The summed E-state index contributed by atoms with van der Waals surface area (Å²) in [7, 11) is 0. The van der Waals surface area contributed by atoms with E-state index in [1.165, 1.54) is 30.5 Å². The number of nitrogens with one attached hydrogen (secondary N) is 1. The van der Waals surface area contributed by atoms with E-state index in [2.05, 4.69) is 22.3 Å². The Labute approximate surface area is 165 Å². The molecule has 2 aliphatic heterocycles. The summed E-state index contributed by atoms with van der Waals surface area (Å²) in [5, 5.41) is 3.47. The largest absolute Gasteiger partial charge is 0.489 e. The molecule has 0 bridgehead atoms. The SMILES string of the molecule is CC(C)Oc1ccc(C(=O)Nc2ccc3c(c2)C2CCCN2CC3)cc1Cl. The lowest BCUT2D eigenvalue weighted by Crippen LogP contribution is -2.31. The minimum Gasteiger partial charge on any atom is -0.489 e. The van der Waals surface area contributed by atoms with Crippen LogP contribution in [0.5, 0.6) is 5.75 Å². The van der Waals surface area contributed by atoms with Gasteiger partial charge in [-0.3, -0.25) is 9.69 Å². The second-order valence-electron chi connectivity index (χ2n) is 7.62. The highest BCUT2D eigenvalue weighted by atomic mass is 35.5. The van der Waals surface area contributed by atoms with E-state index in [0.29, 0.717) is 22.4 Å². The summed E-state index contributed by atoms with van der Waals surface area (Å²) in [5.74, 6) is 0.436. The highest BCUT2D eigenvalue weighted by Gasteiger charge is 2.31. The molecule has 2 heterocycles. The summed E-state index contributed by atoms with van der Waals surface area (Å²) in [6, 6.07) is 12.0. The summed E-state index contributed by atoms with van der Waals surface area (Å²) < 4.78 is 5.63. The molecule has 4 nitrogen and oxygen atoms in total. The first-order valence-corrected chi connectivity index (χ1v) is 10.0. The van der Waals surface area contributed by atoms with Crippen LogP contribution in [0.2, 0.25) is 5.02 Å². The van der Waals surface area contributed by atoms with Crippen molar-refractivity contribution < 1.29 is 9.53 Å². The summed E-state index contributed by atoms with van der Waals surface area (Å²) in [5.41, 5.74) is 4.15. The Morgan fingerprint density at radius 2 is 2.07 bits per heavy atom. The Balaban J connectivity index is 1.52. The zero-order valence-electron chi connectivity index (χ0n) is 15.8. The summed E-state index contributed by atoms with van der Waals surface area (Å²) >= 11 is 6.27. The predicted molar refractivity (Wildman–Crippen MR) is 109 cm³/mol. The number of anilines is 1. The average molecular weight is 385 g/mol. The fourth-order valence-electron chi connectivity index (χ4n) is 4.12. The van der Waals surface area contributed by atoms with Gasteiger partial charge in [-0.1, -0.05) is 17.7 Å². The molecule has 2 aromatic carbocycles. The van der Waals surface area contributed by atoms with E-state index in [4.69, 9.17) is 16.3 Å². The third-order valence-corrected chi connectivity index (χ3v) is 5.65. The van der Waals surface area contributed by atoms with Crippen LogP contribution < -0.4 is 10.1 Å². The molecule has 0 spiro atoms. The quantitative estimate of drug-likeness (QED) is 0.799. The number of ether oxygens (including phenoxy) is 1. The van der Waals surface area contributed by atoms with Crippen LogP contribution in [-0.2, 0) is 6.42 Å². The summed E-state index contributed by atoms with van der Waals surface area (Å²) in [4.78, 5) is 15.2. The second-order valence-corrected chi connectivity index (χ2v) is 8.03. The molecule has 27 heavy (non-hydrogen) atoms. The Kier molecular flexibility index (Phi) is 5.11. The smallest absolute Gasteiger partial charge is 0.255 e. The van der Waals surface area contributed by atoms with E-state index in [-0.39, 0.29) is 12.0 Å². The van der Waals surface area contributed by atoms with Gasteiger partial charge in [-0.25, -0.2) is 0 Å². The van der Waals surface area contributed by atoms with E-state index >= 15 is 0 Å². The van der Waals surface area contributed by atoms with E-state index in [1.54, 1.807) is 18.2 Å². The van der Waals surface area contributed by atoms with Gasteiger partial charge in [-0.2, -0.15) is 0 Å². The Hall–Kier alpha value is -2.04. The molecule has 1 fully saturated rings. The van der Waals surface area contributed by atoms with Gasteiger partial charge in [0.05, 0.1) is 11.1 Å². The Morgan fingerprint density at radius 1 is 1.22 bits per heavy atom. The first-order valence-electron chi connectivity index (χ1n) is 9.65. The number of fused-ring (bicyclic) bond motifs is 3. The van der Waals surface area contributed by atoms with E-state index in [0.717, 1.165) is 18.7 Å². The van der Waals surface area contributed by atoms with Crippen LogP contribution >= 0.6 is 11.6 Å². The molecule has 1 atom stereocenters. The zero-order chi connectivity index (χ0) is 19.0. The van der Waals surface area contributed by atoms with Gasteiger partial charge in [0.15, 0.2) is 0 Å². The predicted octanol–water partition coefficient (Wildman–Crippen LogP) is 5.07. The van der Waals surface area contributed by atoms with Gasteiger partial charge < -0.3 is 10.1 Å². The van der Waals surface area contributed by atoms with Crippen LogP contribution in [-0.4, -0.2) is 30.0 Å². The van der Waals surface area contributed by atoms with Gasteiger partial charge >= 0.3 is 0 Å². The first-order chi connectivity index (χ1) is 13.0. The molecule has 142 valence electrons. The fourth-order valence-corrected chi connectivity index (χ4v) is 4.34. The Bertz CT molecular complexity index is 865. The molecule has 4 rings (SSSR count). The number of nitrogens with zero attached hydrogens (tertiary/aromatic N) is 1. The molecule has 1 saturated heterocycles. The number of carbonyl (C=O) groups excluding carboxylic acids is 1. The van der Waals surface area contributed by atoms with Crippen molar-refractivity contribution in [2.24, 2.45) is 0 Å². The van der Waals surface area contributed by atoms with Gasteiger partial charge in [-0.05, 0) is 81.1 Å². The number of benzene rings is 2. The average Bonchev–Trinajstić information content (AvgIpc) is 3.12. The molecule has 2 aromatic rings. The minimum atomic E-state index is -0.160. The summed E-state index contributed by atoms with van der Waals surface area (Å²) in [6.07, 6.45) is 3.58. The number of hydrogen-bond donors (Lipinski definition) is 1. The monoisotopic (exact) mass is 384 g/mol. The van der Waals surface area contributed by atoms with Crippen LogP contribution in [0.4, 0.5) is 5.69 Å². The molecule has 0 radical (unpaired) electrons. The van der Waals surface area contributed by atoms with Crippen LogP contribution in [0.15, 0.2) is 36.4 Å². The second kappa shape index (κ2) is 7.53. The molecular weight excluding hydrogens is 360 g/mol. The van der Waals surface area contributed by atoms with Crippen molar-refractivity contribution in [1.29, 1.82) is 0 Å². The highest BCUT2D eigenvalue weighted by Crippen LogP contribution is 2.38. The maximum Gasteiger partial charge on any atom is 0.255 e. The number of rotatable bonds is 4. The maximum atomic E-state index is 12.7. The van der Waals surface area contributed by atoms with Crippen molar-refractivity contribution in [3.63, 3.8) is 0 Å². The molecule has 1 unspecified atom stereocenters. The van der Waals surface area contributed by atoms with Crippen molar-refractivity contribution in [2.45, 2.75) is 45.3 Å². The number of amides is 1. The van der Waals surface area contributed by atoms with Crippen LogP contribution in [0.25, 0.3) is 0 Å². The molecule has 0 aliphatic carbocycles. The zero-order valence-corrected chi connectivity index (χ0v) is 16.6. The third kappa shape index (κ3) is 3.83. The van der Waals surface area contributed by atoms with Crippen molar-refractivity contribution in [3.8, 4) is 5.75 Å². The molecule has 1 amide bonds. The number of halogens is 1.